The second kappa shape index (κ2) is 6.56. The molecule has 0 aromatic carbocycles. The molecule has 2 aliphatic rings. The van der Waals surface area contributed by atoms with Crippen molar-refractivity contribution < 1.29 is 9.53 Å². The third kappa shape index (κ3) is 4.29. The Kier molecular flexibility index (Phi) is 5.24. The van der Waals surface area contributed by atoms with Crippen molar-refractivity contribution in [2.45, 2.75) is 70.7 Å². The summed E-state index contributed by atoms with van der Waals surface area (Å²) in [6.07, 6.45) is 3.29. The van der Waals surface area contributed by atoms with Crippen LogP contribution in [0.4, 0.5) is 4.79 Å². The van der Waals surface area contributed by atoms with Crippen LogP contribution >= 0.6 is 11.8 Å². The fourth-order valence-electron chi connectivity index (χ4n) is 2.91. The van der Waals surface area contributed by atoms with Crippen molar-refractivity contribution >= 4 is 17.9 Å². The van der Waals surface area contributed by atoms with Gasteiger partial charge in [0, 0.05) is 30.4 Å². The van der Waals surface area contributed by atoms with Crippen molar-refractivity contribution in [3.05, 3.63) is 0 Å². The average molecular weight is 300 g/mol. The van der Waals surface area contributed by atoms with Crippen molar-refractivity contribution in [1.29, 1.82) is 0 Å². The zero-order valence-corrected chi connectivity index (χ0v) is 14.0. The highest BCUT2D eigenvalue weighted by Crippen LogP contribution is 2.24. The van der Waals surface area contributed by atoms with Crippen LogP contribution in [0.15, 0.2) is 0 Å². The summed E-state index contributed by atoms with van der Waals surface area (Å²) >= 11 is 2.02. The van der Waals surface area contributed by atoms with Crippen LogP contribution in [0, 0.1) is 0 Å². The summed E-state index contributed by atoms with van der Waals surface area (Å²) in [5, 5.41) is 3.74. The number of carbonyl (C=O) groups is 1. The minimum absolute atomic E-state index is 0.169. The number of nitrogens with zero attached hydrogens (tertiary/aromatic N) is 1. The number of likely N-dealkylation sites (tertiary alicyclic amines) is 1. The molecule has 2 rings (SSSR count). The summed E-state index contributed by atoms with van der Waals surface area (Å²) in [5.74, 6) is 2.46. The Labute approximate surface area is 127 Å². The van der Waals surface area contributed by atoms with Crippen LogP contribution in [0.3, 0.4) is 0 Å². The van der Waals surface area contributed by atoms with E-state index in [0.29, 0.717) is 12.1 Å². The first kappa shape index (κ1) is 16.0. The molecule has 0 aromatic rings. The summed E-state index contributed by atoms with van der Waals surface area (Å²) in [7, 11) is 0. The van der Waals surface area contributed by atoms with Gasteiger partial charge in [0.05, 0.1) is 0 Å². The largest absolute Gasteiger partial charge is 0.444 e. The molecule has 1 amide bonds. The summed E-state index contributed by atoms with van der Waals surface area (Å²) in [5.41, 5.74) is -0.417. The van der Waals surface area contributed by atoms with E-state index < -0.39 is 5.60 Å². The maximum atomic E-state index is 12.3. The SMILES string of the molecule is CC1C(NC2CCSC2)CCCN1C(=O)OC(C)(C)C. The fraction of sp³-hybridized carbons (Fsp3) is 0.933. The third-order valence-electron chi connectivity index (χ3n) is 4.00. The summed E-state index contributed by atoms with van der Waals surface area (Å²) in [4.78, 5) is 14.2. The van der Waals surface area contributed by atoms with Crippen LogP contribution in [-0.4, -0.2) is 52.8 Å². The first-order valence-electron chi connectivity index (χ1n) is 7.70. The standard InChI is InChI=1S/C15H28N2O2S/c1-11-13(16-12-7-9-20-10-12)6-5-8-17(11)14(18)19-15(2,3)4/h11-13,16H,5-10H2,1-4H3. The number of nitrogens with one attached hydrogen (secondary N) is 1. The summed E-state index contributed by atoms with van der Waals surface area (Å²) in [6, 6.07) is 1.23. The number of ether oxygens (including phenoxy) is 1. The molecule has 0 spiro atoms. The van der Waals surface area contributed by atoms with Crippen molar-refractivity contribution in [3.63, 3.8) is 0 Å². The van der Waals surface area contributed by atoms with Gasteiger partial charge < -0.3 is 15.0 Å². The van der Waals surface area contributed by atoms with Crippen molar-refractivity contribution in [3.8, 4) is 0 Å². The van der Waals surface area contributed by atoms with Crippen LogP contribution in [0.25, 0.3) is 0 Å². The van der Waals surface area contributed by atoms with Gasteiger partial charge in [-0.05, 0) is 52.7 Å². The van der Waals surface area contributed by atoms with Crippen LogP contribution < -0.4 is 5.32 Å². The van der Waals surface area contributed by atoms with Gasteiger partial charge >= 0.3 is 6.09 Å². The number of amides is 1. The number of rotatable bonds is 2. The van der Waals surface area contributed by atoms with Crippen LogP contribution in [0.2, 0.25) is 0 Å². The van der Waals surface area contributed by atoms with Crippen molar-refractivity contribution in [2.24, 2.45) is 0 Å². The van der Waals surface area contributed by atoms with Crippen molar-refractivity contribution in [1.82, 2.24) is 10.2 Å². The number of piperidine rings is 1. The second-order valence-electron chi connectivity index (χ2n) is 6.89. The molecule has 3 unspecified atom stereocenters. The van der Waals surface area contributed by atoms with Gasteiger partial charge in [0.1, 0.15) is 5.60 Å². The maximum absolute atomic E-state index is 12.3. The smallest absolute Gasteiger partial charge is 0.410 e. The van der Waals surface area contributed by atoms with Gasteiger partial charge in [0.15, 0.2) is 0 Å². The number of hydrogen-bond acceptors (Lipinski definition) is 4. The van der Waals surface area contributed by atoms with Gasteiger partial charge in [-0.15, -0.1) is 0 Å². The van der Waals surface area contributed by atoms with Gasteiger partial charge in [0.25, 0.3) is 0 Å². The summed E-state index contributed by atoms with van der Waals surface area (Å²) in [6.45, 7) is 8.72. The van der Waals surface area contributed by atoms with E-state index in [-0.39, 0.29) is 12.1 Å². The lowest BCUT2D eigenvalue weighted by Gasteiger charge is -2.41. The molecule has 0 aromatic heterocycles. The average Bonchev–Trinajstić information content (AvgIpc) is 2.82. The molecule has 2 aliphatic heterocycles. The zero-order valence-electron chi connectivity index (χ0n) is 13.1. The molecule has 1 N–H and O–H groups in total. The molecule has 0 saturated carbocycles. The number of hydrogen-bond donors (Lipinski definition) is 1. The van der Waals surface area contributed by atoms with Gasteiger partial charge in [-0.3, -0.25) is 0 Å². The molecule has 2 heterocycles. The lowest BCUT2D eigenvalue weighted by atomic mass is 9.97. The lowest BCUT2D eigenvalue weighted by molar-refractivity contribution is 0.00650. The molecule has 2 saturated heterocycles. The minimum atomic E-state index is -0.417. The van der Waals surface area contributed by atoms with E-state index in [4.69, 9.17) is 4.74 Å². The summed E-state index contributed by atoms with van der Waals surface area (Å²) < 4.78 is 5.52. The molecule has 20 heavy (non-hydrogen) atoms. The highest BCUT2D eigenvalue weighted by atomic mass is 32.2. The second-order valence-corrected chi connectivity index (χ2v) is 8.04. The molecule has 3 atom stereocenters. The van der Waals surface area contributed by atoms with Gasteiger partial charge in [-0.25, -0.2) is 4.79 Å². The molecule has 2 fully saturated rings. The van der Waals surface area contributed by atoms with Crippen molar-refractivity contribution in [2.75, 3.05) is 18.1 Å². The highest BCUT2D eigenvalue weighted by molar-refractivity contribution is 7.99. The van der Waals surface area contributed by atoms with E-state index in [1.165, 1.54) is 17.9 Å². The highest BCUT2D eigenvalue weighted by Gasteiger charge is 2.34. The number of carbonyl (C=O) groups excluding carboxylic acids is 1. The van der Waals surface area contributed by atoms with E-state index in [1.54, 1.807) is 0 Å². The normalized spacial score (nSPS) is 31.4. The predicted octanol–water partition coefficient (Wildman–Crippen LogP) is 2.87. The predicted molar refractivity (Wildman–Crippen MR) is 84.3 cm³/mol. The Morgan fingerprint density at radius 2 is 2.10 bits per heavy atom. The van der Waals surface area contributed by atoms with E-state index in [9.17, 15) is 4.79 Å². The molecular weight excluding hydrogens is 272 g/mol. The first-order chi connectivity index (χ1) is 9.37. The van der Waals surface area contributed by atoms with Crippen LogP contribution in [0.1, 0.15) is 47.0 Å². The van der Waals surface area contributed by atoms with Gasteiger partial charge in [-0.2, -0.15) is 11.8 Å². The molecular formula is C15H28N2O2S. The van der Waals surface area contributed by atoms with E-state index in [2.05, 4.69) is 12.2 Å². The van der Waals surface area contributed by atoms with Gasteiger partial charge in [0.2, 0.25) is 0 Å². The Morgan fingerprint density at radius 1 is 1.35 bits per heavy atom. The molecule has 0 bridgehead atoms. The quantitative estimate of drug-likeness (QED) is 0.851. The van der Waals surface area contributed by atoms with E-state index in [1.807, 2.05) is 37.4 Å². The Bertz CT molecular complexity index is 337. The van der Waals surface area contributed by atoms with E-state index in [0.717, 1.165) is 19.4 Å². The number of thioether (sulfide) groups is 1. The van der Waals surface area contributed by atoms with E-state index >= 15 is 0 Å². The maximum Gasteiger partial charge on any atom is 0.410 e. The molecule has 0 radical (unpaired) electrons. The molecule has 116 valence electrons. The monoisotopic (exact) mass is 300 g/mol. The zero-order chi connectivity index (χ0) is 14.8. The third-order valence-corrected chi connectivity index (χ3v) is 5.16. The minimum Gasteiger partial charge on any atom is -0.444 e. The molecule has 0 aliphatic carbocycles. The Balaban J connectivity index is 1.91. The fourth-order valence-corrected chi connectivity index (χ4v) is 4.08. The van der Waals surface area contributed by atoms with Gasteiger partial charge in [-0.1, -0.05) is 0 Å². The van der Waals surface area contributed by atoms with Crippen LogP contribution in [-0.2, 0) is 4.74 Å². The Hall–Kier alpha value is -0.420. The topological polar surface area (TPSA) is 41.6 Å². The Morgan fingerprint density at radius 3 is 2.70 bits per heavy atom. The molecule has 5 heteroatoms. The molecule has 4 nitrogen and oxygen atoms in total. The van der Waals surface area contributed by atoms with Crippen LogP contribution in [0.5, 0.6) is 0 Å². The lowest BCUT2D eigenvalue weighted by Crippen LogP contribution is -2.57. The first-order valence-corrected chi connectivity index (χ1v) is 8.86.